The molecule has 16 heteroatoms. The summed E-state index contributed by atoms with van der Waals surface area (Å²) in [5, 5.41) is 34.2. The Kier molecular flexibility index (Phi) is 19.4. The zero-order valence-electron chi connectivity index (χ0n) is 36.1. The summed E-state index contributed by atoms with van der Waals surface area (Å²) in [6, 6.07) is -0.786. The third kappa shape index (κ3) is 13.9. The minimum Gasteiger partial charge on any atom is -0.462 e. The molecule has 3 aliphatic rings. The monoisotopic (exact) mass is 827 g/mol. The van der Waals surface area contributed by atoms with E-state index in [1.54, 1.807) is 71.0 Å². The molecule has 3 N–H and O–H groups in total. The van der Waals surface area contributed by atoms with Crippen molar-refractivity contribution in [1.82, 2.24) is 4.90 Å². The van der Waals surface area contributed by atoms with Gasteiger partial charge in [0.2, 0.25) is 0 Å². The fourth-order valence-corrected chi connectivity index (χ4v) is 8.06. The largest absolute Gasteiger partial charge is 0.462 e. The molecule has 0 amide bonds. The van der Waals surface area contributed by atoms with E-state index in [-0.39, 0.29) is 31.6 Å². The molecule has 0 aromatic rings. The van der Waals surface area contributed by atoms with Gasteiger partial charge in [-0.1, -0.05) is 45.1 Å². The Balaban J connectivity index is 2.01. The van der Waals surface area contributed by atoms with Crippen molar-refractivity contribution in [3.8, 4) is 0 Å². The van der Waals surface area contributed by atoms with Gasteiger partial charge in [-0.2, -0.15) is 0 Å². The lowest BCUT2D eigenvalue weighted by molar-refractivity contribution is -0.344. The highest BCUT2D eigenvalue weighted by Gasteiger charge is 2.53. The lowest BCUT2D eigenvalue weighted by Gasteiger charge is -2.50. The number of allylic oxidation sites excluding steroid dienone is 2. The molecule has 2 fully saturated rings. The average Bonchev–Trinajstić information content (AvgIpc) is 3.10. The molecule has 3 aliphatic heterocycles. The van der Waals surface area contributed by atoms with E-state index in [2.05, 4.69) is 0 Å². The van der Waals surface area contributed by atoms with Crippen molar-refractivity contribution in [2.75, 3.05) is 21.2 Å². The van der Waals surface area contributed by atoms with Crippen LogP contribution in [0.5, 0.6) is 0 Å². The fraction of sp³-hybridized carbons (Fsp3) is 0.810. The average molecular weight is 828 g/mol. The second-order valence-corrected chi connectivity index (χ2v) is 16.9. The van der Waals surface area contributed by atoms with Crippen molar-refractivity contribution in [1.29, 1.82) is 0 Å². The summed E-state index contributed by atoms with van der Waals surface area (Å²) in [6.45, 7) is 13.6. The van der Waals surface area contributed by atoms with Crippen molar-refractivity contribution < 1.29 is 72.4 Å². The summed E-state index contributed by atoms with van der Waals surface area (Å²) in [7, 11) is 4.86. The number of likely N-dealkylation sites (N-methyl/N-ethyl adjacent to an activating group) is 1. The van der Waals surface area contributed by atoms with Crippen molar-refractivity contribution >= 4 is 24.2 Å². The van der Waals surface area contributed by atoms with E-state index in [4.69, 9.17) is 37.9 Å². The van der Waals surface area contributed by atoms with Gasteiger partial charge in [0.1, 0.15) is 48.5 Å². The number of aliphatic hydroxyl groups excluding tert-OH is 3. The number of esters is 3. The normalized spacial score (nSPS) is 39.6. The smallest absolute Gasteiger partial charge is 0.309 e. The number of carbonyl (C=O) groups is 4. The molecule has 2 saturated heterocycles. The second kappa shape index (κ2) is 22.7. The maximum absolute atomic E-state index is 13.3. The summed E-state index contributed by atoms with van der Waals surface area (Å²) in [5.41, 5.74) is -1.32. The predicted molar refractivity (Wildman–Crippen MR) is 210 cm³/mol. The van der Waals surface area contributed by atoms with Crippen LogP contribution >= 0.6 is 0 Å². The Morgan fingerprint density at radius 1 is 1.02 bits per heavy atom. The molecule has 0 saturated carbocycles. The molecule has 15 unspecified atom stereocenters. The first-order valence-corrected chi connectivity index (χ1v) is 20.4. The number of ether oxygens (including phenoxy) is 8. The third-order valence-electron chi connectivity index (χ3n) is 11.0. The molecule has 0 bridgehead atoms. The molecule has 332 valence electrons. The van der Waals surface area contributed by atoms with Crippen LogP contribution in [0.25, 0.3) is 0 Å². The van der Waals surface area contributed by atoms with Crippen molar-refractivity contribution in [2.45, 2.75) is 179 Å². The van der Waals surface area contributed by atoms with Crippen molar-refractivity contribution in [3.05, 3.63) is 24.3 Å². The lowest BCUT2D eigenvalue weighted by atomic mass is 9.82. The number of cyclic esters (lactones) is 1. The third-order valence-corrected chi connectivity index (χ3v) is 11.0. The Morgan fingerprint density at radius 2 is 1.71 bits per heavy atom. The Hall–Kier alpha value is -2.80. The second-order valence-electron chi connectivity index (χ2n) is 16.9. The highest BCUT2D eigenvalue weighted by Crippen LogP contribution is 2.38. The molecule has 16 nitrogen and oxygen atoms in total. The topological polar surface area (TPSA) is 206 Å². The minimum atomic E-state index is -1.40. The molecule has 0 aromatic carbocycles. The number of aldehydes is 1. The van der Waals surface area contributed by atoms with E-state index < -0.39 is 121 Å². The van der Waals surface area contributed by atoms with Crippen molar-refractivity contribution in [2.24, 2.45) is 17.8 Å². The van der Waals surface area contributed by atoms with Gasteiger partial charge >= 0.3 is 17.9 Å². The summed E-state index contributed by atoms with van der Waals surface area (Å²) >= 11 is 0. The van der Waals surface area contributed by atoms with Crippen LogP contribution in [0.4, 0.5) is 0 Å². The van der Waals surface area contributed by atoms with E-state index in [0.29, 0.717) is 12.7 Å². The zero-order chi connectivity index (χ0) is 43.5. The van der Waals surface area contributed by atoms with Crippen LogP contribution in [0, 0.1) is 17.8 Å². The van der Waals surface area contributed by atoms with Crippen LogP contribution in [0.2, 0.25) is 0 Å². The van der Waals surface area contributed by atoms with Gasteiger partial charge in [0.15, 0.2) is 12.6 Å². The SMILES string of the molecule is COC1C(OC(C)=O)CC(=O)OC(C)CC=CC=CC(O)C(C)CC(CC=O)C1OC1OC(C)C(OC2C[C@@](C)(OC(=O)CC(C)C)C(O)C(C)O2)C(N(C)C)C1O. The quantitative estimate of drug-likeness (QED) is 0.147. The lowest BCUT2D eigenvalue weighted by Crippen LogP contribution is -2.66. The van der Waals surface area contributed by atoms with Crippen molar-refractivity contribution in [3.63, 3.8) is 0 Å². The van der Waals surface area contributed by atoms with Gasteiger partial charge in [0.25, 0.3) is 0 Å². The predicted octanol–water partition coefficient (Wildman–Crippen LogP) is 3.01. The van der Waals surface area contributed by atoms with Crippen LogP contribution < -0.4 is 0 Å². The van der Waals surface area contributed by atoms with Gasteiger partial charge in [-0.15, -0.1) is 0 Å². The number of methoxy groups -OCH3 is 1. The summed E-state index contributed by atoms with van der Waals surface area (Å²) < 4.78 is 48.7. The molecule has 58 heavy (non-hydrogen) atoms. The number of rotatable bonds is 12. The Bertz CT molecular complexity index is 1390. The molecular formula is C42H69NO15. The highest BCUT2D eigenvalue weighted by atomic mass is 16.7. The molecular weight excluding hydrogens is 758 g/mol. The number of nitrogens with zero attached hydrogens (tertiary/aromatic N) is 1. The number of aliphatic hydroxyl groups is 3. The number of hydrogen-bond donors (Lipinski definition) is 3. The van der Waals surface area contributed by atoms with Gasteiger partial charge in [0, 0.05) is 39.7 Å². The van der Waals surface area contributed by atoms with Gasteiger partial charge in [0.05, 0.1) is 36.9 Å². The van der Waals surface area contributed by atoms with Crippen LogP contribution in [-0.4, -0.2) is 151 Å². The van der Waals surface area contributed by atoms with E-state index >= 15 is 0 Å². The first-order chi connectivity index (χ1) is 27.2. The first kappa shape index (κ1) is 49.6. The highest BCUT2D eigenvalue weighted by molar-refractivity contribution is 5.72. The maximum Gasteiger partial charge on any atom is 0.309 e. The molecule has 0 radical (unpaired) electrons. The van der Waals surface area contributed by atoms with Gasteiger partial charge in [-0.05, 0) is 66.0 Å². The van der Waals surface area contributed by atoms with Crippen LogP contribution in [-0.2, 0) is 57.1 Å². The Morgan fingerprint density at radius 3 is 2.31 bits per heavy atom. The minimum absolute atomic E-state index is 0.000956. The first-order valence-electron chi connectivity index (χ1n) is 20.4. The molecule has 16 atom stereocenters. The zero-order valence-corrected chi connectivity index (χ0v) is 36.1. The molecule has 0 aromatic heterocycles. The van der Waals surface area contributed by atoms with Crippen LogP contribution in [0.1, 0.15) is 93.9 Å². The molecule has 3 rings (SSSR count). The maximum atomic E-state index is 13.3. The number of carbonyl (C=O) groups excluding carboxylic acids is 4. The van der Waals surface area contributed by atoms with E-state index in [0.717, 1.165) is 0 Å². The summed E-state index contributed by atoms with van der Waals surface area (Å²) in [6.07, 6.45) is -4.33. The summed E-state index contributed by atoms with van der Waals surface area (Å²) in [4.78, 5) is 52.5. The summed E-state index contributed by atoms with van der Waals surface area (Å²) in [5.74, 6) is -2.86. The molecule has 3 heterocycles. The number of hydrogen-bond acceptors (Lipinski definition) is 16. The standard InChI is InChI=1S/C42H69NO15/c1-23(2)19-33(48)58-42(8)22-34(53-27(6)40(42)50)56-37-26(5)54-41(36(49)35(37)43(9)10)57-38-29(17-18-44)20-24(3)30(46)16-14-12-13-15-25(4)52-32(47)21-31(39(38)51-11)55-28(7)45/h12-14,16,18,23-27,29-31,34-41,46,49-50H,15,17,19-22H2,1-11H3/t24?,25?,26?,27?,29?,30?,31?,34?,35?,36?,37?,38?,39?,40?,41?,42-/m1/s1. The molecule has 0 spiro atoms. The van der Waals surface area contributed by atoms with E-state index in [9.17, 15) is 34.5 Å². The van der Waals surface area contributed by atoms with E-state index in [1.807, 2.05) is 20.8 Å². The Labute approximate surface area is 343 Å². The van der Waals surface area contributed by atoms with Crippen LogP contribution in [0.3, 0.4) is 0 Å². The van der Waals surface area contributed by atoms with E-state index in [1.165, 1.54) is 14.0 Å². The molecule has 0 aliphatic carbocycles. The van der Waals surface area contributed by atoms with Crippen LogP contribution in [0.15, 0.2) is 24.3 Å². The van der Waals surface area contributed by atoms with Gasteiger partial charge in [-0.3, -0.25) is 14.4 Å². The van der Waals surface area contributed by atoms with Gasteiger partial charge in [-0.25, -0.2) is 0 Å². The van der Waals surface area contributed by atoms with Gasteiger partial charge < -0.3 is 62.9 Å². The fourth-order valence-electron chi connectivity index (χ4n) is 8.06.